The number of rotatable bonds is 9. The molecule has 0 radical (unpaired) electrons. The molecular formula is C29H33F2N7OS. The molecule has 210 valence electrons. The van der Waals surface area contributed by atoms with Crippen LogP contribution in [-0.4, -0.2) is 75.1 Å². The van der Waals surface area contributed by atoms with E-state index in [4.69, 9.17) is 9.97 Å². The Hall–Kier alpha value is -3.44. The minimum Gasteiger partial charge on any atom is -0.355 e. The number of hydrogen-bond acceptors (Lipinski definition) is 7. The number of alkyl halides is 2. The van der Waals surface area contributed by atoms with Gasteiger partial charge in [0.2, 0.25) is 0 Å². The smallest absolute Gasteiger partial charge is 0.257 e. The number of carbonyl (C=O) groups is 1. The largest absolute Gasteiger partial charge is 0.355 e. The fraction of sp³-hybridized carbons (Fsp3) is 0.448. The monoisotopic (exact) mass is 565 g/mol. The SMILES string of the molecule is CCN(CC)[C@@H](C)CNC(=O)c1cc(-c2cnn3ccc(-c4cccs4)nc23)nc(N2CC3(CCC3(F)F)C2)c1. The molecule has 0 unspecified atom stereocenters. The van der Waals surface area contributed by atoms with Crippen molar-refractivity contribution in [3.8, 4) is 21.8 Å². The molecule has 1 saturated carbocycles. The molecule has 40 heavy (non-hydrogen) atoms. The van der Waals surface area contributed by atoms with Crippen LogP contribution >= 0.6 is 11.3 Å². The second kappa shape index (κ2) is 10.2. The molecule has 6 rings (SSSR count). The number of nitrogens with one attached hydrogen (secondary N) is 1. The van der Waals surface area contributed by atoms with Crippen LogP contribution in [0.25, 0.3) is 27.5 Å². The molecule has 5 heterocycles. The Morgan fingerprint density at radius 3 is 2.60 bits per heavy atom. The van der Waals surface area contributed by atoms with Crippen LogP contribution in [0.3, 0.4) is 0 Å². The zero-order chi connectivity index (χ0) is 28.1. The average Bonchev–Trinajstić information content (AvgIpc) is 3.61. The predicted octanol–water partition coefficient (Wildman–Crippen LogP) is 5.22. The van der Waals surface area contributed by atoms with Crippen LogP contribution in [0, 0.1) is 5.41 Å². The number of nitrogens with zero attached hydrogens (tertiary/aromatic N) is 6. The van der Waals surface area contributed by atoms with Crippen LogP contribution in [0.1, 0.15) is 44.0 Å². The van der Waals surface area contributed by atoms with Crippen molar-refractivity contribution in [3.63, 3.8) is 0 Å². The van der Waals surface area contributed by atoms with Crippen molar-refractivity contribution in [3.05, 3.63) is 53.7 Å². The van der Waals surface area contributed by atoms with Gasteiger partial charge in [0.15, 0.2) is 5.65 Å². The normalized spacial score (nSPS) is 18.1. The number of pyridine rings is 1. The summed E-state index contributed by atoms with van der Waals surface area (Å²) in [5.41, 5.74) is 2.10. The lowest BCUT2D eigenvalue weighted by atomic mass is 9.60. The molecule has 4 aromatic rings. The third-order valence-corrected chi connectivity index (χ3v) is 9.38. The molecule has 2 fully saturated rings. The zero-order valence-corrected chi connectivity index (χ0v) is 23.7. The maximum absolute atomic E-state index is 14.3. The number of hydrogen-bond donors (Lipinski definition) is 1. The van der Waals surface area contributed by atoms with E-state index in [0.717, 1.165) is 23.7 Å². The minimum absolute atomic E-state index is 0.0622. The first-order valence-electron chi connectivity index (χ1n) is 13.8. The molecule has 1 aliphatic heterocycles. The molecule has 1 amide bonds. The number of anilines is 1. The van der Waals surface area contributed by atoms with Gasteiger partial charge >= 0.3 is 0 Å². The number of carbonyl (C=O) groups excluding carboxylic acids is 1. The number of fused-ring (bicyclic) bond motifs is 1. The van der Waals surface area contributed by atoms with Crippen molar-refractivity contribution in [1.82, 2.24) is 29.8 Å². The first kappa shape index (κ1) is 26.8. The van der Waals surface area contributed by atoms with Gasteiger partial charge in [0.05, 0.1) is 33.4 Å². The van der Waals surface area contributed by atoms with E-state index in [1.54, 1.807) is 34.2 Å². The summed E-state index contributed by atoms with van der Waals surface area (Å²) < 4.78 is 30.3. The van der Waals surface area contributed by atoms with Crippen LogP contribution in [0.4, 0.5) is 14.6 Å². The van der Waals surface area contributed by atoms with Gasteiger partial charge in [-0.05, 0) is 56.1 Å². The zero-order valence-electron chi connectivity index (χ0n) is 22.9. The predicted molar refractivity (Wildman–Crippen MR) is 153 cm³/mol. The van der Waals surface area contributed by atoms with Gasteiger partial charge in [-0.1, -0.05) is 19.9 Å². The van der Waals surface area contributed by atoms with Crippen molar-refractivity contribution >= 4 is 28.7 Å². The lowest BCUT2D eigenvalue weighted by Gasteiger charge is -2.60. The van der Waals surface area contributed by atoms with Gasteiger partial charge in [0, 0.05) is 43.9 Å². The molecule has 1 saturated heterocycles. The number of likely N-dealkylation sites (N-methyl/N-ethyl adjacent to an activating group) is 1. The van der Waals surface area contributed by atoms with Gasteiger partial charge in [0.25, 0.3) is 11.8 Å². The molecule has 1 aliphatic carbocycles. The molecule has 1 spiro atoms. The van der Waals surface area contributed by atoms with Gasteiger partial charge in [-0.25, -0.2) is 23.3 Å². The van der Waals surface area contributed by atoms with Crippen molar-refractivity contribution in [2.24, 2.45) is 5.41 Å². The molecule has 4 aromatic heterocycles. The third-order valence-electron chi connectivity index (χ3n) is 8.49. The maximum atomic E-state index is 14.3. The molecule has 1 atom stereocenters. The number of halogens is 2. The van der Waals surface area contributed by atoms with Gasteiger partial charge in [-0.15, -0.1) is 11.3 Å². The molecular weight excluding hydrogens is 532 g/mol. The fourth-order valence-electron chi connectivity index (χ4n) is 5.78. The van der Waals surface area contributed by atoms with Gasteiger partial charge < -0.3 is 10.2 Å². The van der Waals surface area contributed by atoms with Crippen molar-refractivity contribution in [1.29, 1.82) is 0 Å². The van der Waals surface area contributed by atoms with Crippen LogP contribution < -0.4 is 10.2 Å². The lowest BCUT2D eigenvalue weighted by Crippen LogP contribution is -2.70. The summed E-state index contributed by atoms with van der Waals surface area (Å²) in [7, 11) is 0. The van der Waals surface area contributed by atoms with E-state index in [-0.39, 0.29) is 31.5 Å². The number of amides is 1. The maximum Gasteiger partial charge on any atom is 0.257 e. The highest BCUT2D eigenvalue weighted by Crippen LogP contribution is 2.59. The first-order chi connectivity index (χ1) is 19.2. The Labute approximate surface area is 236 Å². The highest BCUT2D eigenvalue weighted by Gasteiger charge is 2.67. The lowest BCUT2D eigenvalue weighted by molar-refractivity contribution is -0.212. The standard InChI is InChI=1S/C29H33F2N7OS/c1-4-36(5-2)19(3)15-32-27(39)20-13-23(34-25(14-20)37-17-28(18-37)9-10-29(28,30)31)21-16-33-38-11-8-22(35-26(21)38)24-7-6-12-40-24/h6-8,11-14,16,19H,4-5,9-10,15,17-18H2,1-3H3,(H,32,39)/t19-/m0/s1. The summed E-state index contributed by atoms with van der Waals surface area (Å²) in [5, 5.41) is 9.52. The van der Waals surface area contributed by atoms with E-state index in [1.807, 2.05) is 34.7 Å². The summed E-state index contributed by atoms with van der Waals surface area (Å²) in [6.45, 7) is 9.03. The van der Waals surface area contributed by atoms with E-state index < -0.39 is 11.3 Å². The summed E-state index contributed by atoms with van der Waals surface area (Å²) in [6.07, 6.45) is 3.99. The Kier molecular flexibility index (Phi) is 6.82. The van der Waals surface area contributed by atoms with Crippen molar-refractivity contribution in [2.45, 2.75) is 45.6 Å². The minimum atomic E-state index is -2.65. The van der Waals surface area contributed by atoms with E-state index in [2.05, 4.69) is 36.1 Å². The van der Waals surface area contributed by atoms with Gasteiger partial charge in [-0.2, -0.15) is 5.10 Å². The Bertz CT molecular complexity index is 1530. The summed E-state index contributed by atoms with van der Waals surface area (Å²) in [4.78, 5) is 28.2. The molecule has 0 aromatic carbocycles. The number of thiophene rings is 1. The molecule has 11 heteroatoms. The van der Waals surface area contributed by atoms with Crippen molar-refractivity contribution < 1.29 is 13.6 Å². The summed E-state index contributed by atoms with van der Waals surface area (Å²) in [5.74, 6) is -2.36. The van der Waals surface area contributed by atoms with Crippen LogP contribution in [0.5, 0.6) is 0 Å². The van der Waals surface area contributed by atoms with E-state index >= 15 is 0 Å². The van der Waals surface area contributed by atoms with Crippen LogP contribution in [0.15, 0.2) is 48.1 Å². The van der Waals surface area contributed by atoms with Gasteiger partial charge in [-0.3, -0.25) is 9.69 Å². The van der Waals surface area contributed by atoms with E-state index in [9.17, 15) is 13.6 Å². The first-order valence-corrected chi connectivity index (χ1v) is 14.7. The topological polar surface area (TPSA) is 78.7 Å². The second-order valence-corrected chi connectivity index (χ2v) is 11.8. The Morgan fingerprint density at radius 1 is 1.15 bits per heavy atom. The Morgan fingerprint density at radius 2 is 1.95 bits per heavy atom. The summed E-state index contributed by atoms with van der Waals surface area (Å²) in [6, 6.07) is 9.52. The summed E-state index contributed by atoms with van der Waals surface area (Å²) >= 11 is 1.60. The fourth-order valence-corrected chi connectivity index (χ4v) is 6.48. The van der Waals surface area contributed by atoms with Gasteiger partial charge in [0.1, 0.15) is 5.82 Å². The highest BCUT2D eigenvalue weighted by atomic mass is 32.1. The Balaban J connectivity index is 1.34. The second-order valence-electron chi connectivity index (χ2n) is 10.8. The quantitative estimate of drug-likeness (QED) is 0.300. The van der Waals surface area contributed by atoms with E-state index in [0.29, 0.717) is 41.3 Å². The molecule has 1 N–H and O–H groups in total. The number of aromatic nitrogens is 4. The van der Waals surface area contributed by atoms with Crippen LogP contribution in [0.2, 0.25) is 0 Å². The van der Waals surface area contributed by atoms with E-state index in [1.165, 1.54) is 0 Å². The molecule has 8 nitrogen and oxygen atoms in total. The molecule has 0 bridgehead atoms. The highest BCUT2D eigenvalue weighted by molar-refractivity contribution is 7.13. The van der Waals surface area contributed by atoms with Crippen LogP contribution in [-0.2, 0) is 0 Å². The third kappa shape index (κ3) is 4.54. The molecule has 2 aliphatic rings. The van der Waals surface area contributed by atoms with Crippen molar-refractivity contribution in [2.75, 3.05) is 37.6 Å². The average molecular weight is 566 g/mol.